The number of amides is 1. The van der Waals surface area contributed by atoms with Crippen LogP contribution in [0.4, 0.5) is 0 Å². The van der Waals surface area contributed by atoms with Crippen molar-refractivity contribution in [3.8, 4) is 11.5 Å². The van der Waals surface area contributed by atoms with Crippen LogP contribution in [-0.4, -0.2) is 49.7 Å². The number of piperidine rings is 1. The van der Waals surface area contributed by atoms with Crippen molar-refractivity contribution in [1.29, 1.82) is 0 Å². The molecule has 0 unspecified atom stereocenters. The summed E-state index contributed by atoms with van der Waals surface area (Å²) in [7, 11) is 1.84. The molecule has 1 fully saturated rings. The van der Waals surface area contributed by atoms with Gasteiger partial charge in [-0.1, -0.05) is 18.6 Å². The van der Waals surface area contributed by atoms with E-state index in [-0.39, 0.29) is 12.5 Å². The van der Waals surface area contributed by atoms with E-state index in [9.17, 15) is 4.79 Å². The molecular weight excluding hydrogens is 268 g/mol. The highest BCUT2D eigenvalue weighted by atomic mass is 16.6. The first-order valence-corrected chi connectivity index (χ1v) is 7.61. The fourth-order valence-corrected chi connectivity index (χ4v) is 2.89. The van der Waals surface area contributed by atoms with Crippen LogP contribution in [0.1, 0.15) is 19.3 Å². The Kier molecular flexibility index (Phi) is 4.29. The van der Waals surface area contributed by atoms with Crippen molar-refractivity contribution >= 4 is 5.91 Å². The van der Waals surface area contributed by atoms with Crippen LogP contribution in [0.5, 0.6) is 11.5 Å². The van der Waals surface area contributed by atoms with Crippen LogP contribution in [0.25, 0.3) is 0 Å². The molecule has 5 nitrogen and oxygen atoms in total. The maximum atomic E-state index is 12.5. The van der Waals surface area contributed by atoms with Crippen molar-refractivity contribution in [1.82, 2.24) is 10.2 Å². The first kappa shape index (κ1) is 14.2. The highest BCUT2D eigenvalue weighted by Crippen LogP contribution is 2.31. The molecule has 0 saturated carbocycles. The first-order chi connectivity index (χ1) is 10.2. The Bertz CT molecular complexity index is 500. The second-order valence-electron chi connectivity index (χ2n) is 5.73. The van der Waals surface area contributed by atoms with Gasteiger partial charge in [-0.15, -0.1) is 0 Å². The summed E-state index contributed by atoms with van der Waals surface area (Å²) >= 11 is 0. The number of nitrogens with one attached hydrogen (secondary N) is 1. The molecule has 5 heteroatoms. The number of hydrogen-bond acceptors (Lipinski definition) is 4. The minimum atomic E-state index is -0.548. The standard InChI is InChI=1S/C16H22N2O3/c1-18(10-12-6-4-5-9-17-12)16(19)15-11-20-13-7-2-3-8-14(13)21-15/h2-3,7-8,12,15,17H,4-6,9-11H2,1H3/t12-,15+/m0/s1. The third-order valence-corrected chi connectivity index (χ3v) is 4.07. The predicted octanol–water partition coefficient (Wildman–Crippen LogP) is 1.43. The number of benzene rings is 1. The van der Waals surface area contributed by atoms with E-state index in [4.69, 9.17) is 9.47 Å². The molecule has 1 aromatic carbocycles. The van der Waals surface area contributed by atoms with Crippen LogP contribution in [0.15, 0.2) is 24.3 Å². The largest absolute Gasteiger partial charge is 0.485 e. The lowest BCUT2D eigenvalue weighted by Crippen LogP contribution is -2.50. The molecule has 1 saturated heterocycles. The van der Waals surface area contributed by atoms with Crippen LogP contribution in [-0.2, 0) is 4.79 Å². The minimum Gasteiger partial charge on any atom is -0.485 e. The lowest BCUT2D eigenvalue weighted by Gasteiger charge is -2.32. The molecule has 0 spiro atoms. The van der Waals surface area contributed by atoms with Gasteiger partial charge in [-0.25, -0.2) is 0 Å². The van der Waals surface area contributed by atoms with Crippen molar-refractivity contribution in [2.75, 3.05) is 26.7 Å². The number of carbonyl (C=O) groups is 1. The van der Waals surface area contributed by atoms with Gasteiger partial charge in [0.1, 0.15) is 6.61 Å². The molecule has 2 aliphatic rings. The zero-order valence-corrected chi connectivity index (χ0v) is 12.4. The Morgan fingerprint density at radius 3 is 2.90 bits per heavy atom. The molecule has 0 bridgehead atoms. The van der Waals surface area contributed by atoms with E-state index in [2.05, 4.69) is 5.32 Å². The third kappa shape index (κ3) is 3.29. The molecule has 1 aromatic rings. The van der Waals surface area contributed by atoms with Crippen molar-refractivity contribution in [3.05, 3.63) is 24.3 Å². The molecule has 1 amide bonds. The summed E-state index contributed by atoms with van der Waals surface area (Å²) in [5, 5.41) is 3.46. The van der Waals surface area contributed by atoms with E-state index >= 15 is 0 Å². The Morgan fingerprint density at radius 1 is 1.33 bits per heavy atom. The summed E-state index contributed by atoms with van der Waals surface area (Å²) < 4.78 is 11.4. The van der Waals surface area contributed by atoms with Crippen molar-refractivity contribution < 1.29 is 14.3 Å². The Hall–Kier alpha value is -1.75. The molecule has 2 aliphatic heterocycles. The van der Waals surface area contributed by atoms with Gasteiger partial charge in [-0.2, -0.15) is 0 Å². The summed E-state index contributed by atoms with van der Waals surface area (Å²) in [6.07, 6.45) is 3.04. The Balaban J connectivity index is 1.58. The summed E-state index contributed by atoms with van der Waals surface area (Å²) in [6.45, 7) is 2.04. The highest BCUT2D eigenvalue weighted by molar-refractivity contribution is 5.81. The third-order valence-electron chi connectivity index (χ3n) is 4.07. The summed E-state index contributed by atoms with van der Waals surface area (Å²) in [6, 6.07) is 7.85. The number of hydrogen-bond donors (Lipinski definition) is 1. The topological polar surface area (TPSA) is 50.8 Å². The van der Waals surface area contributed by atoms with E-state index in [0.717, 1.165) is 19.5 Å². The molecule has 0 aliphatic carbocycles. The minimum absolute atomic E-state index is 0.0168. The lowest BCUT2D eigenvalue weighted by atomic mass is 10.0. The van der Waals surface area contributed by atoms with Gasteiger partial charge in [0, 0.05) is 19.6 Å². The zero-order valence-electron chi connectivity index (χ0n) is 12.4. The van der Waals surface area contributed by atoms with Crippen LogP contribution in [0.2, 0.25) is 0 Å². The molecule has 1 N–H and O–H groups in total. The molecule has 0 radical (unpaired) electrons. The number of carbonyl (C=O) groups excluding carboxylic acids is 1. The van der Waals surface area contributed by atoms with Crippen LogP contribution < -0.4 is 14.8 Å². The molecule has 3 rings (SSSR count). The Labute approximate surface area is 125 Å². The van der Waals surface area contributed by atoms with Gasteiger partial charge in [0.15, 0.2) is 11.5 Å². The summed E-state index contributed by atoms with van der Waals surface area (Å²) in [5.74, 6) is 1.33. The fraction of sp³-hybridized carbons (Fsp3) is 0.562. The number of likely N-dealkylation sites (N-methyl/N-ethyl adjacent to an activating group) is 1. The van der Waals surface area contributed by atoms with Gasteiger partial charge in [0.25, 0.3) is 5.91 Å². The average molecular weight is 290 g/mol. The van der Waals surface area contributed by atoms with Gasteiger partial charge >= 0.3 is 0 Å². The molecular formula is C16H22N2O3. The number of ether oxygens (including phenoxy) is 2. The molecule has 21 heavy (non-hydrogen) atoms. The average Bonchev–Trinajstić information content (AvgIpc) is 2.54. The van der Waals surface area contributed by atoms with Crippen LogP contribution in [0.3, 0.4) is 0 Å². The predicted molar refractivity (Wildman–Crippen MR) is 79.6 cm³/mol. The van der Waals surface area contributed by atoms with Crippen molar-refractivity contribution in [2.24, 2.45) is 0 Å². The molecule has 0 aromatic heterocycles. The summed E-state index contributed by atoms with van der Waals surface area (Å²) in [4.78, 5) is 14.2. The van der Waals surface area contributed by atoms with E-state index in [1.54, 1.807) is 4.90 Å². The lowest BCUT2D eigenvalue weighted by molar-refractivity contribution is -0.140. The summed E-state index contributed by atoms with van der Waals surface area (Å²) in [5.41, 5.74) is 0. The maximum absolute atomic E-state index is 12.5. The van der Waals surface area contributed by atoms with E-state index < -0.39 is 6.10 Å². The van der Waals surface area contributed by atoms with E-state index in [0.29, 0.717) is 17.5 Å². The van der Waals surface area contributed by atoms with Gasteiger partial charge in [-0.3, -0.25) is 4.79 Å². The van der Waals surface area contributed by atoms with Crippen molar-refractivity contribution in [3.63, 3.8) is 0 Å². The number of para-hydroxylation sites is 2. The zero-order chi connectivity index (χ0) is 14.7. The second kappa shape index (κ2) is 6.35. The van der Waals surface area contributed by atoms with Gasteiger partial charge < -0.3 is 19.7 Å². The van der Waals surface area contributed by atoms with Crippen LogP contribution >= 0.6 is 0 Å². The van der Waals surface area contributed by atoms with Gasteiger partial charge in [0.2, 0.25) is 6.10 Å². The normalized spacial score (nSPS) is 24.4. The van der Waals surface area contributed by atoms with Crippen molar-refractivity contribution in [2.45, 2.75) is 31.4 Å². The highest BCUT2D eigenvalue weighted by Gasteiger charge is 2.30. The second-order valence-corrected chi connectivity index (χ2v) is 5.73. The maximum Gasteiger partial charge on any atom is 0.267 e. The first-order valence-electron chi connectivity index (χ1n) is 7.61. The molecule has 114 valence electrons. The molecule has 2 heterocycles. The fourth-order valence-electron chi connectivity index (χ4n) is 2.89. The smallest absolute Gasteiger partial charge is 0.267 e. The molecule has 2 atom stereocenters. The quantitative estimate of drug-likeness (QED) is 0.915. The Morgan fingerprint density at radius 2 is 2.14 bits per heavy atom. The SMILES string of the molecule is CN(C[C@@H]1CCCCN1)C(=O)[C@H]1COc2ccccc2O1. The number of rotatable bonds is 3. The number of nitrogens with zero attached hydrogens (tertiary/aromatic N) is 1. The monoisotopic (exact) mass is 290 g/mol. The van der Waals surface area contributed by atoms with Gasteiger partial charge in [0.05, 0.1) is 0 Å². The number of fused-ring (bicyclic) bond motifs is 1. The van der Waals surface area contributed by atoms with E-state index in [1.165, 1.54) is 12.8 Å². The van der Waals surface area contributed by atoms with Crippen LogP contribution in [0, 0.1) is 0 Å². The van der Waals surface area contributed by atoms with Gasteiger partial charge in [-0.05, 0) is 31.5 Å². The van der Waals surface area contributed by atoms with E-state index in [1.807, 2.05) is 31.3 Å².